The zero-order valence-electron chi connectivity index (χ0n) is 13.0. The van der Waals surface area contributed by atoms with E-state index in [4.69, 9.17) is 11.6 Å². The van der Waals surface area contributed by atoms with Crippen LogP contribution in [0.1, 0.15) is 57.4 Å². The second-order valence-corrected chi connectivity index (χ2v) is 6.74. The molecule has 2 rings (SSSR count). The van der Waals surface area contributed by atoms with Crippen LogP contribution in [0.3, 0.4) is 0 Å². The molecule has 1 aromatic carbocycles. The molecule has 0 heterocycles. The molecular weight excluding hydrogens is 285 g/mol. The van der Waals surface area contributed by atoms with Crippen molar-refractivity contribution in [1.82, 2.24) is 5.32 Å². The van der Waals surface area contributed by atoms with Crippen molar-refractivity contribution in [3.63, 3.8) is 0 Å². The van der Waals surface area contributed by atoms with Crippen molar-refractivity contribution in [2.45, 2.75) is 64.3 Å². The Morgan fingerprint density at radius 3 is 2.76 bits per heavy atom. The maximum absolute atomic E-state index is 13.4. The monoisotopic (exact) mass is 311 g/mol. The van der Waals surface area contributed by atoms with Gasteiger partial charge in [0, 0.05) is 11.1 Å². The summed E-state index contributed by atoms with van der Waals surface area (Å²) in [6.45, 7) is 3.20. The smallest absolute Gasteiger partial charge is 0.123 e. The lowest BCUT2D eigenvalue weighted by molar-refractivity contribution is 0.296. The first-order valence-electron chi connectivity index (χ1n) is 8.36. The van der Waals surface area contributed by atoms with E-state index in [1.807, 2.05) is 0 Å². The molecule has 1 unspecified atom stereocenters. The fourth-order valence-electron chi connectivity index (χ4n) is 3.38. The zero-order chi connectivity index (χ0) is 15.1. The summed E-state index contributed by atoms with van der Waals surface area (Å²) in [5.74, 6) is 0.627. The number of halogens is 2. The van der Waals surface area contributed by atoms with Crippen LogP contribution < -0.4 is 5.32 Å². The van der Waals surface area contributed by atoms with Gasteiger partial charge in [0.2, 0.25) is 0 Å². The number of hydrogen-bond donors (Lipinski definition) is 1. The number of hydrogen-bond acceptors (Lipinski definition) is 1. The highest BCUT2D eigenvalue weighted by atomic mass is 35.5. The van der Waals surface area contributed by atoms with E-state index >= 15 is 0 Å². The van der Waals surface area contributed by atoms with Gasteiger partial charge < -0.3 is 5.32 Å². The predicted octanol–water partition coefficient (Wildman–Crippen LogP) is 5.36. The molecule has 1 atom stereocenters. The summed E-state index contributed by atoms with van der Waals surface area (Å²) >= 11 is 6.22. The summed E-state index contributed by atoms with van der Waals surface area (Å²) < 4.78 is 13.4. The van der Waals surface area contributed by atoms with Crippen molar-refractivity contribution in [2.75, 3.05) is 6.54 Å². The maximum Gasteiger partial charge on any atom is 0.123 e. The standard InChI is InChI=1S/C18H27ClFN/c1-2-10-21-17(11-14-6-4-3-5-7-14)13-15-12-16(20)8-9-18(15)19/h8-9,12,14,17,21H,2-7,10-11,13H2,1H3. The molecule has 1 aliphatic carbocycles. The quantitative estimate of drug-likeness (QED) is 0.714. The lowest BCUT2D eigenvalue weighted by Crippen LogP contribution is -2.34. The first-order valence-corrected chi connectivity index (χ1v) is 8.74. The van der Waals surface area contributed by atoms with Crippen LogP contribution in [0.2, 0.25) is 5.02 Å². The van der Waals surface area contributed by atoms with Crippen LogP contribution in [0.25, 0.3) is 0 Å². The molecule has 0 bridgehead atoms. The van der Waals surface area contributed by atoms with Crippen molar-refractivity contribution >= 4 is 11.6 Å². The molecule has 1 aliphatic rings. The Bertz CT molecular complexity index is 429. The van der Waals surface area contributed by atoms with E-state index in [-0.39, 0.29) is 5.82 Å². The van der Waals surface area contributed by atoms with Crippen LogP contribution in [0.15, 0.2) is 18.2 Å². The molecule has 0 aliphatic heterocycles. The van der Waals surface area contributed by atoms with Gasteiger partial charge >= 0.3 is 0 Å². The Labute approximate surface area is 133 Å². The van der Waals surface area contributed by atoms with Gasteiger partial charge in [-0.2, -0.15) is 0 Å². The normalized spacial score (nSPS) is 17.9. The topological polar surface area (TPSA) is 12.0 Å². The molecule has 1 nitrogen and oxygen atoms in total. The Morgan fingerprint density at radius 1 is 1.29 bits per heavy atom. The molecule has 0 spiro atoms. The van der Waals surface area contributed by atoms with E-state index in [0.717, 1.165) is 30.9 Å². The lowest BCUT2D eigenvalue weighted by atomic mass is 9.83. The largest absolute Gasteiger partial charge is 0.314 e. The van der Waals surface area contributed by atoms with Gasteiger partial charge in [-0.15, -0.1) is 0 Å². The van der Waals surface area contributed by atoms with E-state index < -0.39 is 0 Å². The van der Waals surface area contributed by atoms with Gasteiger partial charge in [0.15, 0.2) is 0 Å². The van der Waals surface area contributed by atoms with Crippen LogP contribution in [-0.4, -0.2) is 12.6 Å². The van der Waals surface area contributed by atoms with Gasteiger partial charge in [0.25, 0.3) is 0 Å². The van der Waals surface area contributed by atoms with Crippen LogP contribution in [0.5, 0.6) is 0 Å². The molecule has 1 fully saturated rings. The van der Waals surface area contributed by atoms with E-state index in [9.17, 15) is 4.39 Å². The van der Waals surface area contributed by atoms with E-state index in [1.165, 1.54) is 44.6 Å². The zero-order valence-corrected chi connectivity index (χ0v) is 13.8. The SMILES string of the molecule is CCCNC(Cc1cc(F)ccc1Cl)CC1CCCCC1. The molecular formula is C18H27ClFN. The van der Waals surface area contributed by atoms with E-state index in [0.29, 0.717) is 11.1 Å². The highest BCUT2D eigenvalue weighted by Gasteiger charge is 2.19. The van der Waals surface area contributed by atoms with Gasteiger partial charge in [-0.3, -0.25) is 0 Å². The van der Waals surface area contributed by atoms with Crippen molar-refractivity contribution in [1.29, 1.82) is 0 Å². The maximum atomic E-state index is 13.4. The van der Waals surface area contributed by atoms with Crippen LogP contribution >= 0.6 is 11.6 Å². The molecule has 21 heavy (non-hydrogen) atoms. The summed E-state index contributed by atoms with van der Waals surface area (Å²) in [6.07, 6.45) is 9.96. The molecule has 1 N–H and O–H groups in total. The fourth-order valence-corrected chi connectivity index (χ4v) is 3.57. The molecule has 0 aromatic heterocycles. The molecule has 0 radical (unpaired) electrons. The number of benzene rings is 1. The minimum absolute atomic E-state index is 0.193. The molecule has 1 saturated carbocycles. The van der Waals surface area contributed by atoms with Gasteiger partial charge in [-0.25, -0.2) is 4.39 Å². The summed E-state index contributed by atoms with van der Waals surface area (Å²) in [7, 11) is 0. The number of nitrogens with one attached hydrogen (secondary N) is 1. The first kappa shape index (κ1) is 16.8. The molecule has 0 amide bonds. The minimum Gasteiger partial charge on any atom is -0.314 e. The molecule has 118 valence electrons. The predicted molar refractivity (Wildman–Crippen MR) is 88.4 cm³/mol. The summed E-state index contributed by atoms with van der Waals surface area (Å²) in [6, 6.07) is 5.10. The Balaban J connectivity index is 1.98. The number of rotatable bonds is 7. The van der Waals surface area contributed by atoms with Crippen molar-refractivity contribution in [3.8, 4) is 0 Å². The third-order valence-electron chi connectivity index (χ3n) is 4.50. The van der Waals surface area contributed by atoms with Crippen LogP contribution in [-0.2, 0) is 6.42 Å². The average molecular weight is 312 g/mol. The van der Waals surface area contributed by atoms with E-state index in [1.54, 1.807) is 12.1 Å². The summed E-state index contributed by atoms with van der Waals surface area (Å²) in [5.41, 5.74) is 0.932. The van der Waals surface area contributed by atoms with Gasteiger partial charge in [0.05, 0.1) is 0 Å². The van der Waals surface area contributed by atoms with Gasteiger partial charge in [0.1, 0.15) is 5.82 Å². The Morgan fingerprint density at radius 2 is 2.05 bits per heavy atom. The van der Waals surface area contributed by atoms with Crippen molar-refractivity contribution in [2.24, 2.45) is 5.92 Å². The second kappa shape index (κ2) is 8.75. The highest BCUT2D eigenvalue weighted by molar-refractivity contribution is 6.31. The van der Waals surface area contributed by atoms with E-state index in [2.05, 4.69) is 12.2 Å². The average Bonchev–Trinajstić information content (AvgIpc) is 2.49. The fraction of sp³-hybridized carbons (Fsp3) is 0.667. The van der Waals surface area contributed by atoms with Crippen molar-refractivity contribution in [3.05, 3.63) is 34.6 Å². The molecule has 3 heteroatoms. The lowest BCUT2D eigenvalue weighted by Gasteiger charge is -2.27. The Kier molecular flexibility index (Phi) is 6.98. The minimum atomic E-state index is -0.193. The summed E-state index contributed by atoms with van der Waals surface area (Å²) in [5, 5.41) is 4.31. The van der Waals surface area contributed by atoms with Crippen LogP contribution in [0.4, 0.5) is 4.39 Å². The van der Waals surface area contributed by atoms with Gasteiger partial charge in [-0.05, 0) is 55.5 Å². The molecule has 1 aromatic rings. The summed E-state index contributed by atoms with van der Waals surface area (Å²) in [4.78, 5) is 0. The third-order valence-corrected chi connectivity index (χ3v) is 4.87. The van der Waals surface area contributed by atoms with Gasteiger partial charge in [-0.1, -0.05) is 50.6 Å². The highest BCUT2D eigenvalue weighted by Crippen LogP contribution is 2.29. The molecule has 0 saturated heterocycles. The first-order chi connectivity index (χ1) is 10.2. The van der Waals surface area contributed by atoms with Crippen LogP contribution in [0, 0.1) is 11.7 Å². The second-order valence-electron chi connectivity index (χ2n) is 6.33. The third kappa shape index (κ3) is 5.60. The van der Waals surface area contributed by atoms with Crippen molar-refractivity contribution < 1.29 is 4.39 Å². The Hall–Kier alpha value is -0.600.